The smallest absolute Gasteiger partial charge is 0.128 e. The summed E-state index contributed by atoms with van der Waals surface area (Å²) in [6, 6.07) is 6.27. The lowest BCUT2D eigenvalue weighted by Crippen LogP contribution is -2.61. The molecule has 1 aromatic rings. The first-order valence-corrected chi connectivity index (χ1v) is 7.78. The molecule has 0 spiro atoms. The molecule has 3 atom stereocenters. The van der Waals surface area contributed by atoms with E-state index in [4.69, 9.17) is 21.1 Å². The van der Waals surface area contributed by atoms with Gasteiger partial charge in [0.2, 0.25) is 0 Å². The minimum Gasteiger partial charge on any atom is -0.488 e. The number of aryl methyl sites for hydroxylation is 1. The van der Waals surface area contributed by atoms with Crippen LogP contribution in [0.5, 0.6) is 5.75 Å². The molecule has 0 aromatic heterocycles. The molecule has 0 saturated heterocycles. The lowest BCUT2D eigenvalue weighted by Gasteiger charge is -2.43. The second kappa shape index (κ2) is 7.30. The van der Waals surface area contributed by atoms with Gasteiger partial charge in [0.15, 0.2) is 0 Å². The third-order valence-corrected chi connectivity index (χ3v) is 4.23. The van der Waals surface area contributed by atoms with E-state index in [-0.39, 0.29) is 12.2 Å². The van der Waals surface area contributed by atoms with Crippen LogP contribution in [0, 0.1) is 0 Å². The molecule has 0 amide bonds. The van der Waals surface area contributed by atoms with Crippen LogP contribution in [0.1, 0.15) is 32.3 Å². The molecule has 112 valence electrons. The first-order valence-electron chi connectivity index (χ1n) is 7.40. The van der Waals surface area contributed by atoms with E-state index in [9.17, 15) is 0 Å². The van der Waals surface area contributed by atoms with Crippen LogP contribution in [-0.2, 0) is 11.2 Å². The normalized spacial score (nSPS) is 25.3. The summed E-state index contributed by atoms with van der Waals surface area (Å²) in [5.41, 5.74) is 1.12. The molecule has 0 heterocycles. The number of benzene rings is 1. The van der Waals surface area contributed by atoms with Gasteiger partial charge in [0.1, 0.15) is 18.0 Å². The summed E-state index contributed by atoms with van der Waals surface area (Å²) in [6.45, 7) is 5.29. The fourth-order valence-corrected chi connectivity index (χ4v) is 2.86. The van der Waals surface area contributed by atoms with E-state index in [1.54, 1.807) is 7.11 Å². The van der Waals surface area contributed by atoms with Crippen LogP contribution in [0.25, 0.3) is 0 Å². The zero-order valence-electron chi connectivity index (χ0n) is 12.5. The van der Waals surface area contributed by atoms with Crippen molar-refractivity contribution in [3.05, 3.63) is 28.8 Å². The number of ether oxygens (including phenoxy) is 2. The molecule has 4 heteroatoms. The van der Waals surface area contributed by atoms with Gasteiger partial charge in [-0.25, -0.2) is 0 Å². The summed E-state index contributed by atoms with van der Waals surface area (Å²) in [6.07, 6.45) is 3.29. The number of hydrogen-bond donors (Lipinski definition) is 1. The van der Waals surface area contributed by atoms with E-state index < -0.39 is 0 Å². The number of nitrogens with one attached hydrogen (secondary N) is 1. The largest absolute Gasteiger partial charge is 0.488 e. The first-order chi connectivity index (χ1) is 9.69. The average Bonchev–Trinajstić information content (AvgIpc) is 2.44. The molecule has 3 nitrogen and oxygen atoms in total. The topological polar surface area (TPSA) is 30.5 Å². The number of halogens is 1. The van der Waals surface area contributed by atoms with Crippen molar-refractivity contribution in [2.75, 3.05) is 13.7 Å². The number of hydrogen-bond acceptors (Lipinski definition) is 3. The molecular formula is C16H24ClNO2. The molecule has 1 aliphatic carbocycles. The molecule has 2 rings (SSSR count). The minimum absolute atomic E-state index is 0.125. The Hall–Kier alpha value is -0.770. The summed E-state index contributed by atoms with van der Waals surface area (Å²) in [4.78, 5) is 0. The van der Waals surface area contributed by atoms with E-state index >= 15 is 0 Å². The van der Waals surface area contributed by atoms with Crippen molar-refractivity contribution in [1.29, 1.82) is 0 Å². The Morgan fingerprint density at radius 2 is 2.15 bits per heavy atom. The molecule has 1 N–H and O–H groups in total. The van der Waals surface area contributed by atoms with Gasteiger partial charge in [-0.05, 0) is 43.1 Å². The van der Waals surface area contributed by atoms with E-state index in [0.29, 0.717) is 6.04 Å². The van der Waals surface area contributed by atoms with E-state index in [2.05, 4.69) is 19.2 Å². The molecule has 1 saturated carbocycles. The fraction of sp³-hybridized carbons (Fsp3) is 0.625. The monoisotopic (exact) mass is 297 g/mol. The quantitative estimate of drug-likeness (QED) is 0.836. The summed E-state index contributed by atoms with van der Waals surface area (Å²) < 4.78 is 11.6. The van der Waals surface area contributed by atoms with Crippen molar-refractivity contribution in [1.82, 2.24) is 5.32 Å². The van der Waals surface area contributed by atoms with Crippen molar-refractivity contribution >= 4 is 11.6 Å². The van der Waals surface area contributed by atoms with Gasteiger partial charge in [0, 0.05) is 24.6 Å². The van der Waals surface area contributed by atoms with Crippen LogP contribution in [0.4, 0.5) is 0 Å². The predicted octanol–water partition coefficient (Wildman–Crippen LogP) is 3.44. The molecule has 1 fully saturated rings. The summed E-state index contributed by atoms with van der Waals surface area (Å²) in [5.74, 6) is 0.882. The Labute approximate surface area is 126 Å². The number of methoxy groups -OCH3 is 1. The molecule has 0 bridgehead atoms. The number of rotatable bonds is 7. The van der Waals surface area contributed by atoms with Crippen LogP contribution in [0.2, 0.25) is 5.02 Å². The highest BCUT2D eigenvalue weighted by Crippen LogP contribution is 2.30. The van der Waals surface area contributed by atoms with Gasteiger partial charge >= 0.3 is 0 Å². The first kappa shape index (κ1) is 15.6. The van der Waals surface area contributed by atoms with Crippen LogP contribution in [-0.4, -0.2) is 31.9 Å². The molecule has 20 heavy (non-hydrogen) atoms. The lowest BCUT2D eigenvalue weighted by atomic mass is 9.85. The summed E-state index contributed by atoms with van der Waals surface area (Å²) in [7, 11) is 1.75. The Kier molecular flexibility index (Phi) is 5.70. The minimum atomic E-state index is 0.125. The molecule has 3 unspecified atom stereocenters. The zero-order chi connectivity index (χ0) is 14.5. The Morgan fingerprint density at radius 3 is 2.80 bits per heavy atom. The third kappa shape index (κ3) is 3.46. The van der Waals surface area contributed by atoms with Gasteiger partial charge in [-0.2, -0.15) is 0 Å². The van der Waals surface area contributed by atoms with Crippen LogP contribution in [0.3, 0.4) is 0 Å². The van der Waals surface area contributed by atoms with Crippen LogP contribution >= 0.6 is 11.6 Å². The van der Waals surface area contributed by atoms with Crippen LogP contribution in [0.15, 0.2) is 18.2 Å². The second-order valence-corrected chi connectivity index (χ2v) is 5.67. The standard InChI is InChI=1S/C16H24ClNO2/c1-4-8-18-14-10-15(16(14)19-3)20-12-6-7-13(17)11(5-2)9-12/h6-7,9,14-16,18H,4-5,8,10H2,1-3H3. The van der Waals surface area contributed by atoms with Gasteiger partial charge in [0.25, 0.3) is 0 Å². The molecule has 1 aliphatic rings. The zero-order valence-corrected chi connectivity index (χ0v) is 13.2. The highest BCUT2D eigenvalue weighted by molar-refractivity contribution is 6.31. The Bertz CT molecular complexity index is 438. The maximum Gasteiger partial charge on any atom is 0.128 e. The SMILES string of the molecule is CCCNC1CC(Oc2ccc(Cl)c(CC)c2)C1OC. The molecule has 1 aromatic carbocycles. The van der Waals surface area contributed by atoms with Gasteiger partial charge < -0.3 is 14.8 Å². The van der Waals surface area contributed by atoms with E-state index in [1.165, 1.54) is 0 Å². The van der Waals surface area contributed by atoms with Crippen molar-refractivity contribution < 1.29 is 9.47 Å². The van der Waals surface area contributed by atoms with E-state index in [1.807, 2.05) is 18.2 Å². The highest BCUT2D eigenvalue weighted by atomic mass is 35.5. The molecule has 0 radical (unpaired) electrons. The van der Waals surface area contributed by atoms with Gasteiger partial charge in [-0.15, -0.1) is 0 Å². The van der Waals surface area contributed by atoms with Gasteiger partial charge in [0.05, 0.1) is 0 Å². The molecule has 0 aliphatic heterocycles. The second-order valence-electron chi connectivity index (χ2n) is 5.26. The third-order valence-electron chi connectivity index (χ3n) is 3.86. The van der Waals surface area contributed by atoms with Gasteiger partial charge in [-0.1, -0.05) is 25.4 Å². The maximum absolute atomic E-state index is 6.13. The Morgan fingerprint density at radius 1 is 1.35 bits per heavy atom. The van der Waals surface area contributed by atoms with Gasteiger partial charge in [-0.3, -0.25) is 0 Å². The van der Waals surface area contributed by atoms with Crippen molar-refractivity contribution in [2.24, 2.45) is 0 Å². The predicted molar refractivity (Wildman–Crippen MR) is 82.7 cm³/mol. The molecular weight excluding hydrogens is 274 g/mol. The van der Waals surface area contributed by atoms with Crippen molar-refractivity contribution in [2.45, 2.75) is 51.4 Å². The lowest BCUT2D eigenvalue weighted by molar-refractivity contribution is -0.0887. The summed E-state index contributed by atoms with van der Waals surface area (Å²) in [5, 5.41) is 4.30. The average molecular weight is 298 g/mol. The fourth-order valence-electron chi connectivity index (χ4n) is 2.61. The van der Waals surface area contributed by atoms with E-state index in [0.717, 1.165) is 42.1 Å². The Balaban J connectivity index is 1.94. The van der Waals surface area contributed by atoms with Crippen molar-refractivity contribution in [3.8, 4) is 5.75 Å². The highest BCUT2D eigenvalue weighted by Gasteiger charge is 2.42. The van der Waals surface area contributed by atoms with Crippen molar-refractivity contribution in [3.63, 3.8) is 0 Å². The van der Waals surface area contributed by atoms with Crippen LogP contribution < -0.4 is 10.1 Å². The summed E-state index contributed by atoms with van der Waals surface area (Å²) >= 11 is 6.13. The maximum atomic E-state index is 6.13.